The van der Waals surface area contributed by atoms with E-state index in [1.165, 1.54) is 12.7 Å². The number of hydrogen-bond donors (Lipinski definition) is 2. The molecule has 0 saturated carbocycles. The number of phosphoric ester groups is 1. The summed E-state index contributed by atoms with van der Waals surface area (Å²) >= 11 is 0. The summed E-state index contributed by atoms with van der Waals surface area (Å²) in [6.45, 7) is -0.550. The van der Waals surface area contributed by atoms with Gasteiger partial charge in [-0.15, -0.1) is 0 Å². The van der Waals surface area contributed by atoms with Crippen LogP contribution in [-0.2, 0) is 13.8 Å². The van der Waals surface area contributed by atoms with Crippen LogP contribution in [0.3, 0.4) is 0 Å². The summed E-state index contributed by atoms with van der Waals surface area (Å²) < 4.78 is 21.7. The fourth-order valence-corrected chi connectivity index (χ4v) is 2.61. The van der Waals surface area contributed by atoms with Crippen molar-refractivity contribution in [1.29, 1.82) is 0 Å². The van der Waals surface area contributed by atoms with Crippen LogP contribution in [0.15, 0.2) is 12.7 Å². The number of aromatic nitrogens is 4. The predicted octanol–water partition coefficient (Wildman–Crippen LogP) is -8.91. The van der Waals surface area contributed by atoms with E-state index in [-0.39, 0.29) is 76.8 Å². The van der Waals surface area contributed by atoms with E-state index in [0.29, 0.717) is 11.2 Å². The zero-order chi connectivity index (χ0) is 15.9. The molecule has 0 bridgehead atoms. The molecule has 0 aliphatic carbocycles. The van der Waals surface area contributed by atoms with Gasteiger partial charge in [-0.3, -0.25) is 4.57 Å². The van der Waals surface area contributed by atoms with E-state index < -0.39 is 32.9 Å². The number of nitrogens with zero attached hydrogens (tertiary/aromatic N) is 4. The molecule has 128 valence electrons. The number of phosphoric acid groups is 1. The molecule has 12 nitrogen and oxygen atoms in total. The molecule has 1 aliphatic rings. The van der Waals surface area contributed by atoms with Crippen LogP contribution in [0, 0.1) is 0 Å². The Hall–Kier alpha value is 0.340. The van der Waals surface area contributed by atoms with Crippen molar-refractivity contribution in [2.75, 3.05) is 12.3 Å². The summed E-state index contributed by atoms with van der Waals surface area (Å²) in [5.41, 5.74) is 6.49. The van der Waals surface area contributed by atoms with Crippen molar-refractivity contribution >= 4 is 24.8 Å². The molecule has 0 aromatic carbocycles. The molecule has 1 fully saturated rings. The maximum absolute atomic E-state index is 10.5. The monoisotopic (exact) mass is 393 g/mol. The molecule has 15 heteroatoms. The van der Waals surface area contributed by atoms with E-state index in [1.807, 2.05) is 0 Å². The standard InChI is InChI=1S/C10H14N5O6P.2Na.H2O/c11-9-8-10(13-3-12-9)15(4-14-8)7-1-5(16)6(21-7)2-20-22(17,18)19;;;/h3-7,16H,1-2H2,(H2,11,12,13)(H2,17,18,19);;;1H2/q;2*+1;/p-2. The van der Waals surface area contributed by atoms with Gasteiger partial charge >= 0.3 is 59.1 Å². The van der Waals surface area contributed by atoms with E-state index in [1.54, 1.807) is 4.57 Å². The van der Waals surface area contributed by atoms with Crippen LogP contribution < -0.4 is 74.6 Å². The van der Waals surface area contributed by atoms with Gasteiger partial charge in [0, 0.05) is 6.42 Å². The molecule has 5 N–H and O–H groups in total. The largest absolute Gasteiger partial charge is 1.00 e. The van der Waals surface area contributed by atoms with Gasteiger partial charge in [-0.2, -0.15) is 0 Å². The summed E-state index contributed by atoms with van der Waals surface area (Å²) in [4.78, 5) is 32.9. The molecule has 2 aromatic heterocycles. The Morgan fingerprint density at radius 2 is 2.08 bits per heavy atom. The van der Waals surface area contributed by atoms with Gasteiger partial charge in [0.25, 0.3) is 0 Å². The Bertz CT molecular complexity index is 744. The van der Waals surface area contributed by atoms with E-state index in [0.717, 1.165) is 0 Å². The second-order valence-electron chi connectivity index (χ2n) is 4.76. The van der Waals surface area contributed by atoms with E-state index in [4.69, 9.17) is 10.5 Å². The molecule has 0 spiro atoms. The average molecular weight is 393 g/mol. The van der Waals surface area contributed by atoms with E-state index in [2.05, 4.69) is 19.5 Å². The van der Waals surface area contributed by atoms with Gasteiger partial charge in [-0.05, 0) is 0 Å². The smallest absolute Gasteiger partial charge is 0.790 e. The average Bonchev–Trinajstić information content (AvgIpc) is 3.00. The molecule has 3 heterocycles. The van der Waals surface area contributed by atoms with Crippen LogP contribution in [0.5, 0.6) is 0 Å². The number of hydrogen-bond acceptors (Lipinski definition) is 10. The van der Waals surface area contributed by atoms with Crippen molar-refractivity contribution in [3.63, 3.8) is 0 Å². The molecule has 1 saturated heterocycles. The zero-order valence-corrected chi connectivity index (χ0v) is 18.5. The van der Waals surface area contributed by atoms with Crippen LogP contribution in [-0.4, -0.2) is 48.9 Å². The second kappa shape index (κ2) is 10.0. The first-order valence-electron chi connectivity index (χ1n) is 6.28. The third-order valence-electron chi connectivity index (χ3n) is 3.30. The minimum atomic E-state index is -5.12. The Labute approximate surface area is 186 Å². The van der Waals surface area contributed by atoms with Crippen LogP contribution >= 0.6 is 7.82 Å². The molecular formula is C10H14N5Na2O7P. The summed E-state index contributed by atoms with van der Waals surface area (Å²) in [6, 6.07) is 0. The van der Waals surface area contributed by atoms with Gasteiger partial charge in [0.2, 0.25) is 0 Å². The van der Waals surface area contributed by atoms with Crippen molar-refractivity contribution in [2.24, 2.45) is 0 Å². The first-order valence-corrected chi connectivity index (χ1v) is 7.74. The van der Waals surface area contributed by atoms with Crippen molar-refractivity contribution in [2.45, 2.75) is 24.9 Å². The van der Waals surface area contributed by atoms with Gasteiger partial charge in [0.05, 0.1) is 26.9 Å². The number of aliphatic hydroxyl groups excluding tert-OH is 1. The zero-order valence-electron chi connectivity index (χ0n) is 13.6. The number of ether oxygens (including phenoxy) is 1. The summed E-state index contributed by atoms with van der Waals surface area (Å²) in [7, 11) is -5.12. The molecule has 3 rings (SSSR count). The SMILES string of the molecule is Nc1ncnc2c1ncn2C1CC(O)C(COP(=O)([O-])[O-])O1.O.[Na+].[Na+]. The molecule has 0 amide bonds. The molecule has 25 heavy (non-hydrogen) atoms. The van der Waals surface area contributed by atoms with E-state index in [9.17, 15) is 19.5 Å². The topological polar surface area (TPSA) is 203 Å². The number of aliphatic hydroxyl groups is 1. The second-order valence-corrected chi connectivity index (χ2v) is 5.91. The summed E-state index contributed by atoms with van der Waals surface area (Å²) in [6.07, 6.45) is 0.285. The van der Waals surface area contributed by atoms with Crippen LogP contribution in [0.1, 0.15) is 12.6 Å². The Morgan fingerprint density at radius 1 is 1.40 bits per heavy atom. The maximum Gasteiger partial charge on any atom is 1.00 e. The van der Waals surface area contributed by atoms with Gasteiger partial charge in [0.1, 0.15) is 24.2 Å². The minimum Gasteiger partial charge on any atom is -0.790 e. The number of fused-ring (bicyclic) bond motifs is 1. The quantitative estimate of drug-likeness (QED) is 0.371. The number of nitrogen functional groups attached to an aromatic ring is 1. The first-order chi connectivity index (χ1) is 10.3. The Morgan fingerprint density at radius 3 is 2.72 bits per heavy atom. The molecular weight excluding hydrogens is 379 g/mol. The van der Waals surface area contributed by atoms with Crippen LogP contribution in [0.2, 0.25) is 0 Å². The first kappa shape index (κ1) is 25.3. The molecule has 1 aliphatic heterocycles. The van der Waals surface area contributed by atoms with Crippen LogP contribution in [0.25, 0.3) is 11.2 Å². The van der Waals surface area contributed by atoms with Gasteiger partial charge in [-0.1, -0.05) is 0 Å². The molecule has 0 radical (unpaired) electrons. The van der Waals surface area contributed by atoms with Crippen LogP contribution in [0.4, 0.5) is 5.82 Å². The maximum atomic E-state index is 10.5. The third kappa shape index (κ3) is 5.91. The van der Waals surface area contributed by atoms with Crippen molar-refractivity contribution < 1.29 is 93.3 Å². The Kier molecular flexibility index (Phi) is 10.2. The summed E-state index contributed by atoms with van der Waals surface area (Å²) in [5, 5.41) is 9.89. The third-order valence-corrected chi connectivity index (χ3v) is 3.76. The predicted molar refractivity (Wildman–Crippen MR) is 71.4 cm³/mol. The molecule has 3 atom stereocenters. The van der Waals surface area contributed by atoms with E-state index >= 15 is 0 Å². The van der Waals surface area contributed by atoms with Crippen molar-refractivity contribution in [3.05, 3.63) is 12.7 Å². The normalized spacial score (nSPS) is 22.8. The van der Waals surface area contributed by atoms with Crippen molar-refractivity contribution in [1.82, 2.24) is 19.5 Å². The molecule has 3 unspecified atom stereocenters. The summed E-state index contributed by atoms with van der Waals surface area (Å²) in [5.74, 6) is 0.209. The fraction of sp³-hybridized carbons (Fsp3) is 0.500. The number of rotatable bonds is 4. The number of nitrogens with two attached hydrogens (primary N) is 1. The molecule has 2 aromatic rings. The minimum absolute atomic E-state index is 0. The Balaban J connectivity index is 0.00000192. The van der Waals surface area contributed by atoms with Crippen molar-refractivity contribution in [3.8, 4) is 0 Å². The van der Waals surface area contributed by atoms with Gasteiger partial charge in [-0.25, -0.2) is 15.0 Å². The number of imidazole rings is 1. The van der Waals surface area contributed by atoms with Gasteiger partial charge in [0.15, 0.2) is 11.5 Å². The number of anilines is 1. The fourth-order valence-electron chi connectivity index (χ4n) is 2.28. The van der Waals surface area contributed by atoms with Gasteiger partial charge < -0.3 is 39.9 Å².